The van der Waals surface area contributed by atoms with Crippen LogP contribution in [0.2, 0.25) is 0 Å². The molecular formula is C13H19NO. The average Bonchev–Trinajstić information content (AvgIpc) is 2.18. The number of hydrogen-bond donors (Lipinski definition) is 1. The maximum atomic E-state index is 11.9. The third kappa shape index (κ3) is 2.58. The molecule has 0 saturated heterocycles. The minimum atomic E-state index is -0.399. The van der Waals surface area contributed by atoms with Crippen LogP contribution < -0.4 is 5.73 Å². The molecule has 0 aromatic heterocycles. The van der Waals surface area contributed by atoms with E-state index in [-0.39, 0.29) is 5.78 Å². The Balaban J connectivity index is 2.94. The Bertz CT molecular complexity index is 338. The van der Waals surface area contributed by atoms with Gasteiger partial charge in [-0.1, -0.05) is 19.1 Å². The van der Waals surface area contributed by atoms with Gasteiger partial charge in [-0.15, -0.1) is 0 Å². The first kappa shape index (κ1) is 11.8. The fourth-order valence-corrected chi connectivity index (χ4v) is 1.60. The number of carbonyl (C=O) groups excluding carboxylic acids is 1. The quantitative estimate of drug-likeness (QED) is 0.768. The fraction of sp³-hybridized carbons (Fsp3) is 0.462. The fourth-order valence-electron chi connectivity index (χ4n) is 1.60. The second kappa shape index (κ2) is 4.47. The third-order valence-electron chi connectivity index (χ3n) is 2.81. The van der Waals surface area contributed by atoms with Crippen molar-refractivity contribution in [2.24, 2.45) is 0 Å². The summed E-state index contributed by atoms with van der Waals surface area (Å²) >= 11 is 0. The number of ketones is 1. The van der Waals surface area contributed by atoms with Crippen LogP contribution >= 0.6 is 0 Å². The Morgan fingerprint density at radius 1 is 1.27 bits per heavy atom. The van der Waals surface area contributed by atoms with E-state index in [4.69, 9.17) is 5.73 Å². The summed E-state index contributed by atoms with van der Waals surface area (Å²) in [6, 6.07) is 7.55. The van der Waals surface area contributed by atoms with Gasteiger partial charge < -0.3 is 5.73 Å². The Hall–Kier alpha value is -1.31. The van der Waals surface area contributed by atoms with Crippen molar-refractivity contribution in [3.63, 3.8) is 0 Å². The van der Waals surface area contributed by atoms with Gasteiger partial charge in [0.05, 0.1) is 0 Å². The van der Waals surface area contributed by atoms with E-state index in [9.17, 15) is 4.79 Å². The Kier molecular flexibility index (Phi) is 3.51. The molecule has 2 N–H and O–H groups in total. The molecule has 0 unspecified atom stereocenters. The lowest BCUT2D eigenvalue weighted by molar-refractivity contribution is -0.123. The molecule has 0 spiro atoms. The molecular weight excluding hydrogens is 186 g/mol. The number of benzene rings is 1. The molecule has 1 aromatic rings. The lowest BCUT2D eigenvalue weighted by Gasteiger charge is -2.23. The number of hydrogen-bond acceptors (Lipinski definition) is 2. The van der Waals surface area contributed by atoms with Gasteiger partial charge in [-0.25, -0.2) is 0 Å². The van der Waals surface area contributed by atoms with Gasteiger partial charge in [0, 0.05) is 17.5 Å². The highest BCUT2D eigenvalue weighted by Crippen LogP contribution is 2.26. The number of anilines is 1. The molecule has 2 nitrogen and oxygen atoms in total. The van der Waals surface area contributed by atoms with Gasteiger partial charge in [0.1, 0.15) is 5.78 Å². The van der Waals surface area contributed by atoms with E-state index in [2.05, 4.69) is 0 Å². The molecule has 0 fully saturated rings. The molecule has 1 rings (SSSR count). The summed E-state index contributed by atoms with van der Waals surface area (Å²) in [5, 5.41) is 0. The van der Waals surface area contributed by atoms with Crippen molar-refractivity contribution < 1.29 is 4.79 Å². The summed E-state index contributed by atoms with van der Waals surface area (Å²) < 4.78 is 0. The monoisotopic (exact) mass is 205 g/mol. The van der Waals surface area contributed by atoms with E-state index in [1.807, 2.05) is 45.0 Å². The maximum absolute atomic E-state index is 11.9. The molecule has 0 heterocycles. The summed E-state index contributed by atoms with van der Waals surface area (Å²) in [5.41, 5.74) is 6.99. The smallest absolute Gasteiger partial charge is 0.142 e. The van der Waals surface area contributed by atoms with E-state index < -0.39 is 5.41 Å². The highest BCUT2D eigenvalue weighted by molar-refractivity contribution is 5.89. The first-order valence-electron chi connectivity index (χ1n) is 5.37. The predicted octanol–water partition coefficient (Wildman–Crippen LogP) is 2.92. The van der Waals surface area contributed by atoms with Crippen molar-refractivity contribution >= 4 is 11.5 Å². The molecule has 0 aliphatic heterocycles. The van der Waals surface area contributed by atoms with Crippen LogP contribution in [0, 0.1) is 0 Å². The number of nitrogen functional groups attached to an aromatic ring is 1. The second-order valence-electron chi connectivity index (χ2n) is 4.42. The minimum absolute atomic E-state index is 0.287. The minimum Gasteiger partial charge on any atom is -0.399 e. The van der Waals surface area contributed by atoms with E-state index in [1.54, 1.807) is 0 Å². The van der Waals surface area contributed by atoms with Crippen molar-refractivity contribution in [3.05, 3.63) is 29.8 Å². The normalized spacial score (nSPS) is 11.4. The van der Waals surface area contributed by atoms with Crippen LogP contribution in [0.15, 0.2) is 24.3 Å². The highest BCUT2D eigenvalue weighted by atomic mass is 16.1. The summed E-state index contributed by atoms with van der Waals surface area (Å²) in [4.78, 5) is 11.9. The zero-order chi connectivity index (χ0) is 11.5. The molecule has 1 aromatic carbocycles. The third-order valence-corrected chi connectivity index (χ3v) is 2.81. The van der Waals surface area contributed by atoms with Crippen LogP contribution in [0.5, 0.6) is 0 Å². The van der Waals surface area contributed by atoms with Crippen molar-refractivity contribution in [1.29, 1.82) is 0 Å². The van der Waals surface area contributed by atoms with Crippen molar-refractivity contribution in [3.8, 4) is 0 Å². The lowest BCUT2D eigenvalue weighted by Crippen LogP contribution is -2.28. The second-order valence-corrected chi connectivity index (χ2v) is 4.42. The molecule has 0 bridgehead atoms. The van der Waals surface area contributed by atoms with Gasteiger partial charge in [0.25, 0.3) is 0 Å². The molecule has 82 valence electrons. The summed E-state index contributed by atoms with van der Waals surface area (Å²) in [5.74, 6) is 0.287. The summed E-state index contributed by atoms with van der Waals surface area (Å²) in [6.07, 6.45) is 1.54. The number of rotatable bonds is 4. The van der Waals surface area contributed by atoms with Crippen LogP contribution in [0.25, 0.3) is 0 Å². The van der Waals surface area contributed by atoms with Gasteiger partial charge in [-0.3, -0.25) is 4.79 Å². The molecule has 2 heteroatoms. The molecule has 0 amide bonds. The molecule has 0 saturated carbocycles. The van der Waals surface area contributed by atoms with E-state index in [0.29, 0.717) is 6.42 Å². The molecule has 0 radical (unpaired) electrons. The van der Waals surface area contributed by atoms with Gasteiger partial charge in [-0.2, -0.15) is 0 Å². The lowest BCUT2D eigenvalue weighted by atomic mass is 9.79. The number of Topliss-reactive ketones (excluding diaryl/α,β-unsaturated/α-hetero) is 1. The predicted molar refractivity (Wildman–Crippen MR) is 63.8 cm³/mol. The van der Waals surface area contributed by atoms with E-state index in [1.165, 1.54) is 0 Å². The molecule has 0 atom stereocenters. The Morgan fingerprint density at radius 3 is 2.27 bits per heavy atom. The van der Waals surface area contributed by atoms with Gasteiger partial charge >= 0.3 is 0 Å². The first-order valence-corrected chi connectivity index (χ1v) is 5.37. The number of carbonyl (C=O) groups is 1. The molecule has 15 heavy (non-hydrogen) atoms. The van der Waals surface area contributed by atoms with Crippen LogP contribution in [0.1, 0.15) is 39.2 Å². The van der Waals surface area contributed by atoms with Gasteiger partial charge in [0.15, 0.2) is 0 Å². The van der Waals surface area contributed by atoms with Crippen LogP contribution in [0.3, 0.4) is 0 Å². The summed E-state index contributed by atoms with van der Waals surface area (Å²) in [7, 11) is 0. The highest BCUT2D eigenvalue weighted by Gasteiger charge is 2.28. The van der Waals surface area contributed by atoms with Gasteiger partial charge in [0.2, 0.25) is 0 Å². The number of nitrogens with two attached hydrogens (primary N) is 1. The Labute approximate surface area is 91.5 Å². The van der Waals surface area contributed by atoms with Crippen LogP contribution in [-0.2, 0) is 10.2 Å². The zero-order valence-corrected chi connectivity index (χ0v) is 9.71. The van der Waals surface area contributed by atoms with Crippen molar-refractivity contribution in [2.45, 2.75) is 39.0 Å². The Morgan fingerprint density at radius 2 is 1.80 bits per heavy atom. The van der Waals surface area contributed by atoms with E-state index >= 15 is 0 Å². The summed E-state index contributed by atoms with van der Waals surface area (Å²) in [6.45, 7) is 5.96. The zero-order valence-electron chi connectivity index (χ0n) is 9.71. The standard InChI is InChI=1S/C13H19NO/c1-4-5-12(15)13(2,3)10-6-8-11(14)9-7-10/h6-9H,4-5,14H2,1-3H3. The van der Waals surface area contributed by atoms with Gasteiger partial charge in [-0.05, 0) is 38.0 Å². The van der Waals surface area contributed by atoms with Crippen LogP contribution in [-0.4, -0.2) is 5.78 Å². The maximum Gasteiger partial charge on any atom is 0.142 e. The van der Waals surface area contributed by atoms with Crippen molar-refractivity contribution in [1.82, 2.24) is 0 Å². The van der Waals surface area contributed by atoms with Crippen molar-refractivity contribution in [2.75, 3.05) is 5.73 Å². The van der Waals surface area contributed by atoms with E-state index in [0.717, 1.165) is 17.7 Å². The average molecular weight is 205 g/mol. The largest absolute Gasteiger partial charge is 0.399 e. The topological polar surface area (TPSA) is 43.1 Å². The SMILES string of the molecule is CCCC(=O)C(C)(C)c1ccc(N)cc1. The first-order chi connectivity index (χ1) is 6.98. The van der Waals surface area contributed by atoms with Crippen LogP contribution in [0.4, 0.5) is 5.69 Å². The molecule has 0 aliphatic carbocycles. The molecule has 0 aliphatic rings.